The van der Waals surface area contributed by atoms with Crippen LogP contribution in [0.4, 0.5) is 5.69 Å². The van der Waals surface area contributed by atoms with E-state index < -0.39 is 30.3 Å². The van der Waals surface area contributed by atoms with Gasteiger partial charge in [0.05, 0.1) is 6.42 Å². The molecule has 2 aromatic rings. The van der Waals surface area contributed by atoms with Gasteiger partial charge in [0.25, 0.3) is 11.8 Å². The Balaban J connectivity index is 1.65. The third-order valence-corrected chi connectivity index (χ3v) is 4.73. The average molecular weight is 497 g/mol. The molecule has 10 heteroatoms. The van der Waals surface area contributed by atoms with Gasteiger partial charge in [-0.05, 0) is 48.9 Å². The number of carbonyl (C=O) groups excluding carboxylic acids is 4. The van der Waals surface area contributed by atoms with Crippen LogP contribution >= 0.6 is 27.5 Å². The molecule has 0 saturated carbocycles. The third-order valence-electron chi connectivity index (χ3n) is 3.80. The molecule has 2 aromatic carbocycles. The number of rotatable bonds is 7. The lowest BCUT2D eigenvalue weighted by molar-refractivity contribution is -0.149. The number of anilines is 1. The number of halogens is 2. The molecular formula is C20H19BrClN3O5. The number of hydrogen-bond acceptors (Lipinski definition) is 5. The second-order valence-electron chi connectivity index (χ2n) is 6.18. The van der Waals surface area contributed by atoms with Gasteiger partial charge in [0.2, 0.25) is 5.91 Å². The highest BCUT2D eigenvalue weighted by atomic mass is 79.9. The number of nitrogens with one attached hydrogen (secondary N) is 3. The zero-order valence-corrected chi connectivity index (χ0v) is 18.3. The van der Waals surface area contributed by atoms with Crippen LogP contribution in [-0.2, 0) is 19.1 Å². The zero-order chi connectivity index (χ0) is 22.1. The highest BCUT2D eigenvalue weighted by Crippen LogP contribution is 2.20. The maximum absolute atomic E-state index is 11.9. The Morgan fingerprint density at radius 1 is 0.967 bits per heavy atom. The molecule has 0 atom stereocenters. The van der Waals surface area contributed by atoms with Crippen molar-refractivity contribution in [3.05, 3.63) is 63.1 Å². The number of aryl methyl sites for hydroxylation is 1. The summed E-state index contributed by atoms with van der Waals surface area (Å²) in [6.45, 7) is 1.25. The van der Waals surface area contributed by atoms with E-state index in [1.807, 2.05) is 6.92 Å². The summed E-state index contributed by atoms with van der Waals surface area (Å²) in [5.41, 5.74) is 6.09. The van der Waals surface area contributed by atoms with Crippen molar-refractivity contribution >= 4 is 56.9 Å². The van der Waals surface area contributed by atoms with Crippen LogP contribution in [0.15, 0.2) is 46.9 Å². The monoisotopic (exact) mass is 495 g/mol. The second kappa shape index (κ2) is 11.3. The van der Waals surface area contributed by atoms with E-state index in [1.54, 1.807) is 42.5 Å². The number of benzene rings is 2. The average Bonchev–Trinajstić information content (AvgIpc) is 2.72. The number of amides is 3. The minimum atomic E-state index is -0.721. The van der Waals surface area contributed by atoms with E-state index in [-0.39, 0.29) is 12.8 Å². The molecule has 0 heterocycles. The lowest BCUT2D eigenvalue weighted by Gasteiger charge is -2.09. The Hall–Kier alpha value is -2.91. The highest BCUT2D eigenvalue weighted by Gasteiger charge is 2.12. The normalized spacial score (nSPS) is 10.1. The summed E-state index contributed by atoms with van der Waals surface area (Å²) >= 11 is 9.24. The van der Waals surface area contributed by atoms with Crippen LogP contribution in [0.1, 0.15) is 28.8 Å². The molecule has 0 saturated heterocycles. The first-order chi connectivity index (χ1) is 14.2. The summed E-state index contributed by atoms with van der Waals surface area (Å²) in [7, 11) is 0. The fourth-order valence-electron chi connectivity index (χ4n) is 2.16. The standard InChI is InChI=1S/C20H19BrClN3O5/c1-12-2-7-15(10-16(12)22)23-17(26)8-9-19(28)30-11-18(27)24-25-20(29)13-3-5-14(21)6-4-13/h2-7,10H,8-9,11H2,1H3,(H,23,26)(H,24,27)(H,25,29). The number of hydrazine groups is 1. The third kappa shape index (κ3) is 7.84. The smallest absolute Gasteiger partial charge is 0.306 e. The molecule has 2 rings (SSSR count). The highest BCUT2D eigenvalue weighted by molar-refractivity contribution is 9.10. The van der Waals surface area contributed by atoms with E-state index in [0.29, 0.717) is 16.3 Å². The molecule has 0 aliphatic heterocycles. The predicted octanol–water partition coefficient (Wildman–Crippen LogP) is 3.13. The van der Waals surface area contributed by atoms with E-state index in [0.717, 1.165) is 10.0 Å². The fraction of sp³-hybridized carbons (Fsp3) is 0.200. The Morgan fingerprint density at radius 3 is 2.33 bits per heavy atom. The van der Waals surface area contributed by atoms with Gasteiger partial charge in [0.1, 0.15) is 0 Å². The van der Waals surface area contributed by atoms with Gasteiger partial charge in [-0.15, -0.1) is 0 Å². The molecule has 158 valence electrons. The summed E-state index contributed by atoms with van der Waals surface area (Å²) in [5, 5.41) is 3.14. The summed E-state index contributed by atoms with van der Waals surface area (Å²) in [5.74, 6) is -2.35. The van der Waals surface area contributed by atoms with Crippen LogP contribution in [0.5, 0.6) is 0 Å². The molecule has 30 heavy (non-hydrogen) atoms. The molecule has 0 aliphatic carbocycles. The first kappa shape index (κ1) is 23.4. The quantitative estimate of drug-likeness (QED) is 0.403. The maximum atomic E-state index is 11.9. The minimum Gasteiger partial charge on any atom is -0.455 e. The first-order valence-corrected chi connectivity index (χ1v) is 9.98. The molecule has 0 aliphatic rings. The van der Waals surface area contributed by atoms with Gasteiger partial charge in [-0.2, -0.15) is 0 Å². The van der Waals surface area contributed by atoms with E-state index >= 15 is 0 Å². The van der Waals surface area contributed by atoms with Gasteiger partial charge in [0.15, 0.2) is 6.61 Å². The van der Waals surface area contributed by atoms with E-state index in [9.17, 15) is 19.2 Å². The van der Waals surface area contributed by atoms with E-state index in [2.05, 4.69) is 32.1 Å². The molecule has 3 N–H and O–H groups in total. The van der Waals surface area contributed by atoms with Crippen LogP contribution in [0.25, 0.3) is 0 Å². The van der Waals surface area contributed by atoms with Crippen LogP contribution in [0.3, 0.4) is 0 Å². The molecule has 0 spiro atoms. The summed E-state index contributed by atoms with van der Waals surface area (Å²) < 4.78 is 5.59. The van der Waals surface area contributed by atoms with E-state index in [4.69, 9.17) is 16.3 Å². The van der Waals surface area contributed by atoms with Crippen molar-refractivity contribution in [3.8, 4) is 0 Å². The van der Waals surface area contributed by atoms with Crippen molar-refractivity contribution in [1.29, 1.82) is 0 Å². The minimum absolute atomic E-state index is 0.119. The Kier molecular flexibility index (Phi) is 8.82. The molecule has 0 aromatic heterocycles. The van der Waals surface area contributed by atoms with Crippen molar-refractivity contribution < 1.29 is 23.9 Å². The van der Waals surface area contributed by atoms with Gasteiger partial charge >= 0.3 is 5.97 Å². The molecule has 0 unspecified atom stereocenters. The zero-order valence-electron chi connectivity index (χ0n) is 16.0. The molecule has 0 fully saturated rings. The molecular weight excluding hydrogens is 478 g/mol. The van der Waals surface area contributed by atoms with Gasteiger partial charge in [-0.1, -0.05) is 33.6 Å². The molecule has 3 amide bonds. The van der Waals surface area contributed by atoms with E-state index in [1.165, 1.54) is 0 Å². The number of esters is 1. The molecule has 0 bridgehead atoms. The van der Waals surface area contributed by atoms with Gasteiger partial charge < -0.3 is 10.1 Å². The van der Waals surface area contributed by atoms with Crippen molar-refractivity contribution in [2.75, 3.05) is 11.9 Å². The maximum Gasteiger partial charge on any atom is 0.306 e. The predicted molar refractivity (Wildman–Crippen MR) is 115 cm³/mol. The second-order valence-corrected chi connectivity index (χ2v) is 7.50. The van der Waals surface area contributed by atoms with Crippen molar-refractivity contribution in [3.63, 3.8) is 0 Å². The van der Waals surface area contributed by atoms with Crippen molar-refractivity contribution in [2.45, 2.75) is 19.8 Å². The summed E-state index contributed by atoms with van der Waals surface area (Å²) in [4.78, 5) is 47.1. The van der Waals surface area contributed by atoms with Gasteiger partial charge in [-0.3, -0.25) is 30.0 Å². The van der Waals surface area contributed by atoms with Gasteiger partial charge in [-0.25, -0.2) is 0 Å². The lowest BCUT2D eigenvalue weighted by atomic mass is 10.2. The molecule has 8 nitrogen and oxygen atoms in total. The van der Waals surface area contributed by atoms with Crippen LogP contribution < -0.4 is 16.2 Å². The van der Waals surface area contributed by atoms with Crippen molar-refractivity contribution in [2.24, 2.45) is 0 Å². The number of ether oxygens (including phenoxy) is 1. The van der Waals surface area contributed by atoms with Crippen LogP contribution in [-0.4, -0.2) is 30.3 Å². The largest absolute Gasteiger partial charge is 0.455 e. The Bertz CT molecular complexity index is 950. The van der Waals surface area contributed by atoms with Crippen LogP contribution in [0.2, 0.25) is 5.02 Å². The Labute approximate surface area is 186 Å². The number of hydrogen-bond donors (Lipinski definition) is 3. The SMILES string of the molecule is Cc1ccc(NC(=O)CCC(=O)OCC(=O)NNC(=O)c2ccc(Br)cc2)cc1Cl. The topological polar surface area (TPSA) is 114 Å². The Morgan fingerprint density at radius 2 is 1.67 bits per heavy atom. The van der Waals surface area contributed by atoms with Crippen LogP contribution in [0, 0.1) is 6.92 Å². The van der Waals surface area contributed by atoms with Gasteiger partial charge in [0, 0.05) is 27.2 Å². The number of carbonyl (C=O) groups is 4. The summed E-state index contributed by atoms with van der Waals surface area (Å²) in [6.07, 6.45) is -0.323. The lowest BCUT2D eigenvalue weighted by Crippen LogP contribution is -2.43. The first-order valence-electron chi connectivity index (χ1n) is 8.81. The summed E-state index contributed by atoms with van der Waals surface area (Å²) in [6, 6.07) is 11.6. The van der Waals surface area contributed by atoms with Crippen molar-refractivity contribution in [1.82, 2.24) is 10.9 Å². The molecule has 0 radical (unpaired) electrons. The fourth-order valence-corrected chi connectivity index (χ4v) is 2.61.